The zero-order valence-corrected chi connectivity index (χ0v) is 14.3. The SMILES string of the molecule is Cc1cc(Nc2nn(CCc3ccncc3)c(=O)c3ccccc23)n[nH]1. The van der Waals surface area contributed by atoms with Gasteiger partial charge in [-0.15, -0.1) is 0 Å². The van der Waals surface area contributed by atoms with Crippen molar-refractivity contribution in [3.8, 4) is 0 Å². The molecule has 0 saturated heterocycles. The van der Waals surface area contributed by atoms with E-state index in [1.165, 1.54) is 4.68 Å². The zero-order chi connectivity index (χ0) is 17.9. The van der Waals surface area contributed by atoms with Gasteiger partial charge < -0.3 is 5.32 Å². The quantitative estimate of drug-likeness (QED) is 0.580. The topological polar surface area (TPSA) is 88.5 Å². The third kappa shape index (κ3) is 3.19. The fraction of sp³-hybridized carbons (Fsp3) is 0.158. The van der Waals surface area contributed by atoms with Gasteiger partial charge in [0.15, 0.2) is 11.6 Å². The number of H-pyrrole nitrogens is 1. The largest absolute Gasteiger partial charge is 0.321 e. The van der Waals surface area contributed by atoms with Crippen LogP contribution in [-0.4, -0.2) is 25.0 Å². The number of nitrogens with one attached hydrogen (secondary N) is 2. The lowest BCUT2D eigenvalue weighted by Gasteiger charge is -2.11. The fourth-order valence-electron chi connectivity index (χ4n) is 2.87. The van der Waals surface area contributed by atoms with Crippen LogP contribution in [0.5, 0.6) is 0 Å². The van der Waals surface area contributed by atoms with Crippen molar-refractivity contribution in [1.29, 1.82) is 0 Å². The van der Waals surface area contributed by atoms with Crippen LogP contribution in [0.2, 0.25) is 0 Å². The molecule has 0 saturated carbocycles. The van der Waals surface area contributed by atoms with Crippen LogP contribution in [0.25, 0.3) is 10.8 Å². The summed E-state index contributed by atoms with van der Waals surface area (Å²) in [6.45, 7) is 2.42. The van der Waals surface area contributed by atoms with Crippen molar-refractivity contribution in [3.05, 3.63) is 76.5 Å². The lowest BCUT2D eigenvalue weighted by Crippen LogP contribution is -2.25. The molecule has 26 heavy (non-hydrogen) atoms. The van der Waals surface area contributed by atoms with Crippen LogP contribution in [0.3, 0.4) is 0 Å². The van der Waals surface area contributed by atoms with E-state index in [1.807, 2.05) is 49.4 Å². The number of aromatic amines is 1. The molecular formula is C19H18N6O. The van der Waals surface area contributed by atoms with Gasteiger partial charge in [-0.25, -0.2) is 4.68 Å². The van der Waals surface area contributed by atoms with Gasteiger partial charge in [0.2, 0.25) is 0 Å². The van der Waals surface area contributed by atoms with Crippen LogP contribution >= 0.6 is 0 Å². The van der Waals surface area contributed by atoms with E-state index < -0.39 is 0 Å². The van der Waals surface area contributed by atoms with Crippen LogP contribution in [0.1, 0.15) is 11.3 Å². The highest BCUT2D eigenvalue weighted by atomic mass is 16.1. The first-order valence-corrected chi connectivity index (χ1v) is 8.38. The first-order valence-electron chi connectivity index (χ1n) is 8.38. The molecule has 2 N–H and O–H groups in total. The Bertz CT molecular complexity index is 1100. The predicted octanol–water partition coefficient (Wildman–Crippen LogP) is 2.81. The maximum atomic E-state index is 12.8. The Labute approximate surface area is 149 Å². The Morgan fingerprint density at radius 3 is 2.62 bits per heavy atom. The van der Waals surface area contributed by atoms with E-state index in [-0.39, 0.29) is 5.56 Å². The maximum Gasteiger partial charge on any atom is 0.274 e. The fourth-order valence-corrected chi connectivity index (χ4v) is 2.87. The van der Waals surface area contributed by atoms with E-state index in [0.29, 0.717) is 30.0 Å². The van der Waals surface area contributed by atoms with Crippen LogP contribution in [0, 0.1) is 6.92 Å². The molecule has 130 valence electrons. The number of fused-ring (bicyclic) bond motifs is 1. The highest BCUT2D eigenvalue weighted by molar-refractivity contribution is 5.92. The molecule has 0 fully saturated rings. The summed E-state index contributed by atoms with van der Waals surface area (Å²) in [4.78, 5) is 16.8. The van der Waals surface area contributed by atoms with Gasteiger partial charge in [0.1, 0.15) is 0 Å². The monoisotopic (exact) mass is 346 g/mol. The third-order valence-electron chi connectivity index (χ3n) is 4.18. The van der Waals surface area contributed by atoms with Crippen LogP contribution in [0.15, 0.2) is 59.7 Å². The Kier molecular flexibility index (Phi) is 4.18. The highest BCUT2D eigenvalue weighted by Gasteiger charge is 2.11. The number of rotatable bonds is 5. The van der Waals surface area contributed by atoms with Gasteiger partial charge >= 0.3 is 0 Å². The summed E-state index contributed by atoms with van der Waals surface area (Å²) in [5.41, 5.74) is 1.96. The Hall–Kier alpha value is -3.48. The number of benzene rings is 1. The van der Waals surface area contributed by atoms with Gasteiger partial charge in [0.05, 0.1) is 5.39 Å². The molecule has 0 aliphatic carbocycles. The van der Waals surface area contributed by atoms with Crippen molar-refractivity contribution in [2.45, 2.75) is 19.9 Å². The molecule has 7 heteroatoms. The van der Waals surface area contributed by atoms with Crippen molar-refractivity contribution >= 4 is 22.4 Å². The van der Waals surface area contributed by atoms with Crippen molar-refractivity contribution < 1.29 is 0 Å². The van der Waals surface area contributed by atoms with E-state index in [9.17, 15) is 4.79 Å². The summed E-state index contributed by atoms with van der Waals surface area (Å²) < 4.78 is 1.50. The summed E-state index contributed by atoms with van der Waals surface area (Å²) in [5, 5.41) is 16.2. The average molecular weight is 346 g/mol. The van der Waals surface area contributed by atoms with Gasteiger partial charge in [0.25, 0.3) is 5.56 Å². The summed E-state index contributed by atoms with van der Waals surface area (Å²) in [5.74, 6) is 1.28. The molecule has 3 aromatic heterocycles. The van der Waals surface area contributed by atoms with Gasteiger partial charge in [-0.05, 0) is 37.1 Å². The minimum atomic E-state index is -0.0987. The standard InChI is InChI=1S/C19H18N6O/c1-13-12-17(23-22-13)21-18-15-4-2-3-5-16(15)19(26)25(24-18)11-8-14-6-9-20-10-7-14/h2-7,9-10,12H,8,11H2,1H3,(H2,21,22,23,24). The molecule has 7 nitrogen and oxygen atoms in total. The summed E-state index contributed by atoms with van der Waals surface area (Å²) in [7, 11) is 0. The molecule has 0 aliphatic rings. The normalized spacial score (nSPS) is 11.0. The molecule has 0 radical (unpaired) electrons. The smallest absolute Gasteiger partial charge is 0.274 e. The molecule has 4 rings (SSSR count). The predicted molar refractivity (Wildman–Crippen MR) is 101 cm³/mol. The molecule has 0 unspecified atom stereocenters. The van der Waals surface area contributed by atoms with Gasteiger partial charge in [-0.1, -0.05) is 18.2 Å². The first-order chi connectivity index (χ1) is 12.7. The number of nitrogens with zero attached hydrogens (tertiary/aromatic N) is 4. The molecule has 0 spiro atoms. The molecule has 1 aromatic carbocycles. The number of aryl methyl sites for hydroxylation is 3. The first kappa shape index (κ1) is 16.0. The van der Waals surface area contributed by atoms with E-state index in [2.05, 4.69) is 25.6 Å². The van der Waals surface area contributed by atoms with Crippen molar-refractivity contribution in [1.82, 2.24) is 25.0 Å². The Balaban J connectivity index is 1.73. The second-order valence-electron chi connectivity index (χ2n) is 6.09. The van der Waals surface area contributed by atoms with E-state index in [4.69, 9.17) is 0 Å². The lowest BCUT2D eigenvalue weighted by molar-refractivity contribution is 0.587. The molecule has 0 bridgehead atoms. The average Bonchev–Trinajstić information content (AvgIpc) is 3.09. The number of hydrogen-bond acceptors (Lipinski definition) is 5. The molecule has 4 aromatic rings. The van der Waals surface area contributed by atoms with Crippen LogP contribution in [-0.2, 0) is 13.0 Å². The highest BCUT2D eigenvalue weighted by Crippen LogP contribution is 2.21. The van der Waals surface area contributed by atoms with E-state index in [1.54, 1.807) is 12.4 Å². The Morgan fingerprint density at radius 1 is 1.12 bits per heavy atom. The third-order valence-corrected chi connectivity index (χ3v) is 4.18. The number of anilines is 2. The van der Waals surface area contributed by atoms with Crippen molar-refractivity contribution in [2.24, 2.45) is 0 Å². The van der Waals surface area contributed by atoms with E-state index in [0.717, 1.165) is 16.6 Å². The number of hydrogen-bond donors (Lipinski definition) is 2. The zero-order valence-electron chi connectivity index (χ0n) is 14.3. The second-order valence-corrected chi connectivity index (χ2v) is 6.09. The molecule has 0 aliphatic heterocycles. The minimum absolute atomic E-state index is 0.0987. The van der Waals surface area contributed by atoms with Crippen molar-refractivity contribution in [2.75, 3.05) is 5.32 Å². The second kappa shape index (κ2) is 6.79. The lowest BCUT2D eigenvalue weighted by atomic mass is 10.1. The van der Waals surface area contributed by atoms with Crippen LogP contribution in [0.4, 0.5) is 11.6 Å². The van der Waals surface area contributed by atoms with E-state index >= 15 is 0 Å². The van der Waals surface area contributed by atoms with Gasteiger partial charge in [0, 0.05) is 36.1 Å². The molecular weight excluding hydrogens is 328 g/mol. The Morgan fingerprint density at radius 2 is 1.88 bits per heavy atom. The minimum Gasteiger partial charge on any atom is -0.321 e. The van der Waals surface area contributed by atoms with Crippen molar-refractivity contribution in [3.63, 3.8) is 0 Å². The van der Waals surface area contributed by atoms with Crippen LogP contribution < -0.4 is 10.9 Å². The summed E-state index contributed by atoms with van der Waals surface area (Å²) >= 11 is 0. The number of aromatic nitrogens is 5. The van der Waals surface area contributed by atoms with Gasteiger partial charge in [-0.2, -0.15) is 10.2 Å². The van der Waals surface area contributed by atoms with Gasteiger partial charge in [-0.3, -0.25) is 14.9 Å². The molecule has 0 atom stereocenters. The molecule has 3 heterocycles. The molecule has 0 amide bonds. The summed E-state index contributed by atoms with van der Waals surface area (Å²) in [6.07, 6.45) is 4.20. The number of pyridine rings is 1. The maximum absolute atomic E-state index is 12.8. The summed E-state index contributed by atoms with van der Waals surface area (Å²) in [6, 6.07) is 13.2.